The topological polar surface area (TPSA) is 80.3 Å². The van der Waals surface area contributed by atoms with Gasteiger partial charge in [0, 0.05) is 18.7 Å². The third-order valence-corrected chi connectivity index (χ3v) is 5.93. The Morgan fingerprint density at radius 2 is 2.10 bits per heavy atom. The molecule has 2 heterocycles. The van der Waals surface area contributed by atoms with Crippen LogP contribution in [0.4, 0.5) is 4.39 Å². The first-order valence-electron chi connectivity index (χ1n) is 10.3. The Morgan fingerprint density at radius 1 is 1.26 bits per heavy atom. The highest BCUT2D eigenvalue weighted by Gasteiger charge is 2.41. The predicted molar refractivity (Wildman–Crippen MR) is 112 cm³/mol. The number of aliphatic hydroxyl groups excluding tert-OH is 1. The fourth-order valence-electron chi connectivity index (χ4n) is 4.39. The molecular formula is C23H27FN2O5. The van der Waals surface area contributed by atoms with E-state index in [1.165, 1.54) is 18.2 Å². The Hall–Kier alpha value is -2.84. The van der Waals surface area contributed by atoms with Gasteiger partial charge < -0.3 is 24.6 Å². The van der Waals surface area contributed by atoms with Crippen LogP contribution in [0.2, 0.25) is 0 Å². The van der Waals surface area contributed by atoms with E-state index in [1.54, 1.807) is 32.4 Å². The van der Waals surface area contributed by atoms with Crippen LogP contribution in [0.3, 0.4) is 0 Å². The number of carbonyl (C=O) groups excluding carboxylic acids is 1. The number of fused-ring (bicyclic) bond motifs is 1. The zero-order chi connectivity index (χ0) is 22.0. The number of β-amino-alcohol motifs (C(OH)–C–C–N with tert-alkyl or cyclic N) is 1. The van der Waals surface area contributed by atoms with Crippen LogP contribution >= 0.6 is 0 Å². The first-order valence-corrected chi connectivity index (χ1v) is 10.3. The van der Waals surface area contributed by atoms with Gasteiger partial charge in [-0.1, -0.05) is 0 Å². The SMILES string of the molecule is COc1ccc(OC)c([C@@H](O)CN2CCC[C@]3(CNC(=O)c4cc(F)ccc4O3)C2)c1. The summed E-state index contributed by atoms with van der Waals surface area (Å²) in [5.74, 6) is 0.796. The molecule has 4 rings (SSSR count). The van der Waals surface area contributed by atoms with Crippen LogP contribution in [0.5, 0.6) is 17.2 Å². The second-order valence-electron chi connectivity index (χ2n) is 8.07. The van der Waals surface area contributed by atoms with Gasteiger partial charge >= 0.3 is 0 Å². The van der Waals surface area contributed by atoms with Crippen molar-refractivity contribution in [1.82, 2.24) is 10.2 Å². The number of nitrogens with zero attached hydrogens (tertiary/aromatic N) is 1. The molecule has 2 N–H and O–H groups in total. The van der Waals surface area contributed by atoms with E-state index in [4.69, 9.17) is 14.2 Å². The number of methoxy groups -OCH3 is 2. The van der Waals surface area contributed by atoms with E-state index in [2.05, 4.69) is 10.2 Å². The van der Waals surface area contributed by atoms with Crippen molar-refractivity contribution in [3.63, 3.8) is 0 Å². The van der Waals surface area contributed by atoms with Crippen LogP contribution in [0.15, 0.2) is 36.4 Å². The Balaban J connectivity index is 1.52. The number of likely N-dealkylation sites (tertiary alicyclic amines) is 1. The number of rotatable bonds is 5. The molecule has 8 heteroatoms. The smallest absolute Gasteiger partial charge is 0.255 e. The van der Waals surface area contributed by atoms with Gasteiger partial charge in [0.05, 0.1) is 32.4 Å². The number of nitrogens with one attached hydrogen (secondary N) is 1. The molecule has 0 aliphatic carbocycles. The number of hydrogen-bond acceptors (Lipinski definition) is 6. The zero-order valence-corrected chi connectivity index (χ0v) is 17.7. The Bertz CT molecular complexity index is 969. The summed E-state index contributed by atoms with van der Waals surface area (Å²) in [6.45, 7) is 2.00. The summed E-state index contributed by atoms with van der Waals surface area (Å²) in [5, 5.41) is 13.8. The predicted octanol–water partition coefficient (Wildman–Crippen LogP) is 2.53. The molecule has 2 aliphatic rings. The lowest BCUT2D eigenvalue weighted by Gasteiger charge is -2.42. The van der Waals surface area contributed by atoms with Gasteiger partial charge in [-0.05, 0) is 55.8 Å². The first-order chi connectivity index (χ1) is 14.9. The summed E-state index contributed by atoms with van der Waals surface area (Å²) in [5.41, 5.74) is 0.211. The molecule has 1 amide bonds. The molecule has 1 spiro atoms. The van der Waals surface area contributed by atoms with Crippen LogP contribution < -0.4 is 19.5 Å². The lowest BCUT2D eigenvalue weighted by molar-refractivity contribution is -0.0187. The Labute approximate surface area is 180 Å². The molecule has 166 valence electrons. The molecule has 2 aromatic carbocycles. The zero-order valence-electron chi connectivity index (χ0n) is 17.7. The average Bonchev–Trinajstić information content (AvgIpc) is 2.90. The molecular weight excluding hydrogens is 403 g/mol. The second-order valence-corrected chi connectivity index (χ2v) is 8.07. The number of carbonyl (C=O) groups is 1. The number of ether oxygens (including phenoxy) is 3. The molecule has 1 fully saturated rings. The lowest BCUT2D eigenvalue weighted by Crippen LogP contribution is -2.57. The second kappa shape index (κ2) is 8.72. The van der Waals surface area contributed by atoms with Crippen molar-refractivity contribution in [2.75, 3.05) is 40.4 Å². The van der Waals surface area contributed by atoms with E-state index in [9.17, 15) is 14.3 Å². The van der Waals surface area contributed by atoms with Crippen molar-refractivity contribution in [3.8, 4) is 17.2 Å². The molecule has 0 unspecified atom stereocenters. The van der Waals surface area contributed by atoms with E-state index in [0.717, 1.165) is 19.4 Å². The van der Waals surface area contributed by atoms with E-state index >= 15 is 0 Å². The van der Waals surface area contributed by atoms with Gasteiger partial charge in [0.2, 0.25) is 0 Å². The number of amides is 1. The first kappa shape index (κ1) is 21.4. The van der Waals surface area contributed by atoms with Gasteiger partial charge in [0.25, 0.3) is 5.91 Å². The Kier molecular flexibility index (Phi) is 6.02. The molecule has 7 nitrogen and oxygen atoms in total. The average molecular weight is 430 g/mol. The molecule has 2 aromatic rings. The number of halogens is 1. The number of benzene rings is 2. The highest BCUT2D eigenvalue weighted by Crippen LogP contribution is 2.34. The summed E-state index contributed by atoms with van der Waals surface area (Å²) >= 11 is 0. The maximum absolute atomic E-state index is 13.6. The third kappa shape index (κ3) is 4.45. The largest absolute Gasteiger partial charge is 0.497 e. The molecule has 2 atom stereocenters. The lowest BCUT2D eigenvalue weighted by atomic mass is 9.91. The number of hydrogen-bond donors (Lipinski definition) is 2. The van der Waals surface area contributed by atoms with Gasteiger partial charge in [-0.25, -0.2) is 4.39 Å². The maximum atomic E-state index is 13.6. The summed E-state index contributed by atoms with van der Waals surface area (Å²) in [7, 11) is 3.14. The van der Waals surface area contributed by atoms with Crippen molar-refractivity contribution in [1.29, 1.82) is 0 Å². The van der Waals surface area contributed by atoms with Crippen LogP contribution in [-0.2, 0) is 0 Å². The highest BCUT2D eigenvalue weighted by atomic mass is 19.1. The monoisotopic (exact) mass is 430 g/mol. The number of piperidine rings is 1. The van der Waals surface area contributed by atoms with Crippen LogP contribution in [0, 0.1) is 5.82 Å². The summed E-state index contributed by atoms with van der Waals surface area (Å²) in [6, 6.07) is 9.33. The fraction of sp³-hybridized carbons (Fsp3) is 0.435. The van der Waals surface area contributed by atoms with Gasteiger partial charge in [0.1, 0.15) is 28.7 Å². The van der Waals surface area contributed by atoms with Crippen LogP contribution in [-0.4, -0.2) is 61.9 Å². The van der Waals surface area contributed by atoms with E-state index in [-0.39, 0.29) is 11.5 Å². The maximum Gasteiger partial charge on any atom is 0.255 e. The van der Waals surface area contributed by atoms with Crippen LogP contribution in [0.1, 0.15) is 34.9 Å². The van der Waals surface area contributed by atoms with Gasteiger partial charge in [-0.2, -0.15) is 0 Å². The third-order valence-electron chi connectivity index (χ3n) is 5.93. The van der Waals surface area contributed by atoms with Gasteiger partial charge in [-0.15, -0.1) is 0 Å². The molecule has 1 saturated heterocycles. The molecule has 0 saturated carbocycles. The van der Waals surface area contributed by atoms with E-state index in [1.807, 2.05) is 0 Å². The van der Waals surface area contributed by atoms with E-state index < -0.39 is 17.5 Å². The van der Waals surface area contributed by atoms with Gasteiger partial charge in [-0.3, -0.25) is 9.69 Å². The molecule has 2 aliphatic heterocycles. The van der Waals surface area contributed by atoms with Crippen molar-refractivity contribution >= 4 is 5.91 Å². The van der Waals surface area contributed by atoms with Crippen LogP contribution in [0.25, 0.3) is 0 Å². The quantitative estimate of drug-likeness (QED) is 0.759. The standard InChI is InChI=1S/C23H27FN2O5/c1-29-16-5-7-20(30-2)17(11-16)19(27)12-26-9-3-8-23(14-26)13-25-22(28)18-10-15(24)4-6-21(18)31-23/h4-7,10-11,19,27H,3,8-9,12-14H2,1-2H3,(H,25,28)/t19-,23-/m0/s1. The molecule has 0 aromatic heterocycles. The summed E-state index contributed by atoms with van der Waals surface area (Å²) < 4.78 is 30.6. The van der Waals surface area contributed by atoms with Crippen molar-refractivity contribution < 1.29 is 28.5 Å². The van der Waals surface area contributed by atoms with Crippen molar-refractivity contribution in [3.05, 3.63) is 53.3 Å². The Morgan fingerprint density at radius 3 is 2.87 bits per heavy atom. The number of aliphatic hydroxyl groups is 1. The molecule has 0 radical (unpaired) electrons. The summed E-state index contributed by atoms with van der Waals surface area (Å²) in [6.07, 6.45) is 0.801. The highest BCUT2D eigenvalue weighted by molar-refractivity contribution is 5.97. The minimum Gasteiger partial charge on any atom is -0.497 e. The molecule has 31 heavy (non-hydrogen) atoms. The van der Waals surface area contributed by atoms with Gasteiger partial charge in [0.15, 0.2) is 0 Å². The minimum atomic E-state index is -0.790. The van der Waals surface area contributed by atoms with E-state index in [0.29, 0.717) is 42.4 Å². The van der Waals surface area contributed by atoms with Crippen molar-refractivity contribution in [2.24, 2.45) is 0 Å². The minimum absolute atomic E-state index is 0.204. The normalized spacial score (nSPS) is 22.1. The fourth-order valence-corrected chi connectivity index (χ4v) is 4.39. The van der Waals surface area contributed by atoms with Crippen molar-refractivity contribution in [2.45, 2.75) is 24.5 Å². The summed E-state index contributed by atoms with van der Waals surface area (Å²) in [4.78, 5) is 14.5. The molecule has 0 bridgehead atoms.